The van der Waals surface area contributed by atoms with Gasteiger partial charge in [-0.1, -0.05) is 29.4 Å². The first-order chi connectivity index (χ1) is 9.65. The molecule has 1 amide bonds. The first kappa shape index (κ1) is 12.2. The predicted octanol–water partition coefficient (Wildman–Crippen LogP) is 2.37. The van der Waals surface area contributed by atoms with E-state index in [0.29, 0.717) is 23.0 Å². The highest BCUT2D eigenvalue weighted by Gasteiger charge is 2.14. The first-order valence-electron chi connectivity index (χ1n) is 6.03. The Morgan fingerprint density at radius 2 is 2.05 bits per heavy atom. The molecule has 0 saturated heterocycles. The molecule has 0 aliphatic rings. The number of rotatable bonds is 2. The summed E-state index contributed by atoms with van der Waals surface area (Å²) in [6.07, 6.45) is 1.46. The van der Waals surface area contributed by atoms with Crippen LogP contribution in [0.15, 0.2) is 41.1 Å². The Morgan fingerprint density at radius 1 is 1.30 bits per heavy atom. The lowest BCUT2D eigenvalue weighted by Crippen LogP contribution is -2.13. The topological polar surface area (TPSA) is 94.0 Å². The Balaban J connectivity index is 2.01. The second-order valence-electron chi connectivity index (χ2n) is 4.38. The highest BCUT2D eigenvalue weighted by Crippen LogP contribution is 2.23. The van der Waals surface area contributed by atoms with E-state index in [4.69, 9.17) is 10.3 Å². The molecule has 3 aromatic rings. The molecule has 20 heavy (non-hydrogen) atoms. The highest BCUT2D eigenvalue weighted by molar-refractivity contribution is 6.13. The number of anilines is 2. The average molecular weight is 268 g/mol. The minimum atomic E-state index is -0.304. The summed E-state index contributed by atoms with van der Waals surface area (Å²) in [5.41, 5.74) is 6.25. The summed E-state index contributed by atoms with van der Waals surface area (Å²) < 4.78 is 4.91. The maximum atomic E-state index is 12.3. The highest BCUT2D eigenvalue weighted by atomic mass is 16.5. The van der Waals surface area contributed by atoms with Gasteiger partial charge < -0.3 is 15.6 Å². The van der Waals surface area contributed by atoms with Gasteiger partial charge in [-0.2, -0.15) is 0 Å². The molecule has 0 bridgehead atoms. The van der Waals surface area contributed by atoms with Crippen molar-refractivity contribution in [2.24, 2.45) is 0 Å². The number of carbonyl (C=O) groups excluding carboxylic acids is 1. The van der Waals surface area contributed by atoms with Gasteiger partial charge in [-0.05, 0) is 12.3 Å². The molecule has 0 fully saturated rings. The Bertz CT molecular complexity index is 795. The van der Waals surface area contributed by atoms with E-state index in [1.807, 2.05) is 24.3 Å². The van der Waals surface area contributed by atoms with E-state index >= 15 is 0 Å². The second kappa shape index (κ2) is 4.65. The number of aromatic nitrogens is 2. The standard InChI is InChI=1S/C14H12N4O2/c1-8-6-12(18-20-8)17-14(19)11-7-16-13(15)10-5-3-2-4-9(10)11/h2-7H,1H3,(H2,15,16)(H,17,18,19). The van der Waals surface area contributed by atoms with Gasteiger partial charge in [-0.15, -0.1) is 0 Å². The zero-order valence-electron chi connectivity index (χ0n) is 10.8. The van der Waals surface area contributed by atoms with E-state index < -0.39 is 0 Å². The van der Waals surface area contributed by atoms with Gasteiger partial charge in [0, 0.05) is 17.6 Å². The molecule has 3 N–H and O–H groups in total. The minimum Gasteiger partial charge on any atom is -0.383 e. The third-order valence-electron chi connectivity index (χ3n) is 2.94. The third kappa shape index (κ3) is 2.07. The minimum absolute atomic E-state index is 0.304. The molecule has 2 aromatic heterocycles. The first-order valence-corrected chi connectivity index (χ1v) is 6.03. The summed E-state index contributed by atoms with van der Waals surface area (Å²) in [5.74, 6) is 1.09. The van der Waals surface area contributed by atoms with E-state index in [-0.39, 0.29) is 5.91 Å². The van der Waals surface area contributed by atoms with Crippen LogP contribution in [-0.2, 0) is 0 Å². The van der Waals surface area contributed by atoms with Crippen LogP contribution in [0.2, 0.25) is 0 Å². The van der Waals surface area contributed by atoms with Crippen LogP contribution in [0.25, 0.3) is 10.8 Å². The van der Waals surface area contributed by atoms with E-state index in [9.17, 15) is 4.79 Å². The number of nitrogen functional groups attached to an aromatic ring is 1. The SMILES string of the molecule is Cc1cc(NC(=O)c2cnc(N)c3ccccc23)no1. The van der Waals surface area contributed by atoms with Gasteiger partial charge in [-0.25, -0.2) is 4.98 Å². The Morgan fingerprint density at radius 3 is 2.75 bits per heavy atom. The van der Waals surface area contributed by atoms with Crippen LogP contribution in [0.4, 0.5) is 11.6 Å². The molecule has 2 heterocycles. The quantitative estimate of drug-likeness (QED) is 0.744. The van der Waals surface area contributed by atoms with E-state index in [1.165, 1.54) is 6.20 Å². The van der Waals surface area contributed by atoms with Crippen molar-refractivity contribution in [2.75, 3.05) is 11.1 Å². The normalized spacial score (nSPS) is 10.7. The summed E-state index contributed by atoms with van der Waals surface area (Å²) in [7, 11) is 0. The van der Waals surface area contributed by atoms with Crippen LogP contribution in [0.1, 0.15) is 16.1 Å². The maximum absolute atomic E-state index is 12.3. The van der Waals surface area contributed by atoms with Gasteiger partial charge >= 0.3 is 0 Å². The summed E-state index contributed by atoms with van der Waals surface area (Å²) in [6, 6.07) is 9.00. The van der Waals surface area contributed by atoms with Crippen LogP contribution >= 0.6 is 0 Å². The van der Waals surface area contributed by atoms with Crippen LogP contribution in [0, 0.1) is 6.92 Å². The fourth-order valence-corrected chi connectivity index (χ4v) is 2.00. The van der Waals surface area contributed by atoms with Gasteiger partial charge in [0.05, 0.1) is 5.56 Å². The zero-order valence-corrected chi connectivity index (χ0v) is 10.8. The second-order valence-corrected chi connectivity index (χ2v) is 4.38. The third-order valence-corrected chi connectivity index (χ3v) is 2.94. The number of amides is 1. The van der Waals surface area contributed by atoms with Crippen molar-refractivity contribution in [3.8, 4) is 0 Å². The van der Waals surface area contributed by atoms with Crippen LogP contribution in [-0.4, -0.2) is 16.0 Å². The molecule has 0 radical (unpaired) electrons. The molecule has 0 unspecified atom stereocenters. The Kier molecular flexibility index (Phi) is 2.83. The van der Waals surface area contributed by atoms with Crippen LogP contribution < -0.4 is 11.1 Å². The molecule has 1 aromatic carbocycles. The van der Waals surface area contributed by atoms with Crippen molar-refractivity contribution >= 4 is 28.3 Å². The molecule has 100 valence electrons. The van der Waals surface area contributed by atoms with Gasteiger partial charge in [-0.3, -0.25) is 4.79 Å². The molecule has 0 aliphatic carbocycles. The van der Waals surface area contributed by atoms with Gasteiger partial charge in [0.15, 0.2) is 5.82 Å². The van der Waals surface area contributed by atoms with Gasteiger partial charge in [0.2, 0.25) is 0 Å². The van der Waals surface area contributed by atoms with Crippen molar-refractivity contribution in [3.05, 3.63) is 47.9 Å². The zero-order chi connectivity index (χ0) is 14.1. The number of nitrogens with two attached hydrogens (primary N) is 1. The Labute approximate surface area is 114 Å². The number of hydrogen-bond donors (Lipinski definition) is 2. The summed E-state index contributed by atoms with van der Waals surface area (Å²) in [4.78, 5) is 16.3. The number of nitrogens with one attached hydrogen (secondary N) is 1. The van der Waals surface area contributed by atoms with Crippen molar-refractivity contribution in [1.82, 2.24) is 10.1 Å². The molecule has 0 atom stereocenters. The summed E-state index contributed by atoms with van der Waals surface area (Å²) >= 11 is 0. The maximum Gasteiger partial charge on any atom is 0.259 e. The molecule has 0 aliphatic heterocycles. The smallest absolute Gasteiger partial charge is 0.259 e. The Hall–Kier alpha value is -2.89. The number of benzene rings is 1. The lowest BCUT2D eigenvalue weighted by Gasteiger charge is -2.07. The van der Waals surface area contributed by atoms with Crippen molar-refractivity contribution in [1.29, 1.82) is 0 Å². The van der Waals surface area contributed by atoms with Gasteiger partial charge in [0.25, 0.3) is 5.91 Å². The van der Waals surface area contributed by atoms with E-state index in [2.05, 4.69) is 15.5 Å². The number of pyridine rings is 1. The van der Waals surface area contributed by atoms with Gasteiger partial charge in [0.1, 0.15) is 11.6 Å². The number of nitrogens with zero attached hydrogens (tertiary/aromatic N) is 2. The molecule has 0 saturated carbocycles. The summed E-state index contributed by atoms with van der Waals surface area (Å²) in [6.45, 7) is 1.75. The van der Waals surface area contributed by atoms with Crippen molar-refractivity contribution in [2.45, 2.75) is 6.92 Å². The molecule has 6 heteroatoms. The average Bonchev–Trinajstić information content (AvgIpc) is 2.84. The van der Waals surface area contributed by atoms with Crippen LogP contribution in [0.5, 0.6) is 0 Å². The molecular weight excluding hydrogens is 256 g/mol. The van der Waals surface area contributed by atoms with Crippen molar-refractivity contribution in [3.63, 3.8) is 0 Å². The van der Waals surface area contributed by atoms with E-state index in [1.54, 1.807) is 13.0 Å². The fourth-order valence-electron chi connectivity index (χ4n) is 2.00. The van der Waals surface area contributed by atoms with Crippen LogP contribution in [0.3, 0.4) is 0 Å². The molecule has 0 spiro atoms. The predicted molar refractivity (Wildman–Crippen MR) is 75.3 cm³/mol. The summed E-state index contributed by atoms with van der Waals surface area (Å²) in [5, 5.41) is 7.89. The monoisotopic (exact) mass is 268 g/mol. The van der Waals surface area contributed by atoms with Crippen molar-refractivity contribution < 1.29 is 9.32 Å². The van der Waals surface area contributed by atoms with E-state index in [0.717, 1.165) is 10.8 Å². The fraction of sp³-hybridized carbons (Fsp3) is 0.0714. The largest absolute Gasteiger partial charge is 0.383 e. The lowest BCUT2D eigenvalue weighted by molar-refractivity contribution is 0.102. The number of carbonyl (C=O) groups is 1. The molecule has 3 rings (SSSR count). The lowest BCUT2D eigenvalue weighted by atomic mass is 10.1. The molecular formula is C14H12N4O2. The molecule has 6 nitrogen and oxygen atoms in total. The number of hydrogen-bond acceptors (Lipinski definition) is 5. The number of fused-ring (bicyclic) bond motifs is 1. The number of aryl methyl sites for hydroxylation is 1.